The van der Waals surface area contributed by atoms with E-state index in [1.54, 1.807) is 11.1 Å². The normalized spacial score (nSPS) is 16.3. The Labute approximate surface area is 87.3 Å². The molecule has 2 rings (SSSR count). The van der Waals surface area contributed by atoms with Crippen molar-refractivity contribution in [2.24, 2.45) is 0 Å². The molecule has 1 aromatic rings. The smallest absolute Gasteiger partial charge is 0.0161 e. The maximum Gasteiger partial charge on any atom is -0.0161 e. The standard InChI is InChI=1S/C14H20/c1-4-11-5-8-13(12-6-7-12)9-14(11)10(2)3/h5,8-10,12H,4,6-7H2,1-3H3. The number of hydrogen-bond donors (Lipinski definition) is 0. The lowest BCUT2D eigenvalue weighted by molar-refractivity contribution is 0.839. The first kappa shape index (κ1) is 9.76. The first-order chi connectivity index (χ1) is 6.72. The van der Waals surface area contributed by atoms with Crippen LogP contribution in [0, 0.1) is 0 Å². The van der Waals surface area contributed by atoms with Crippen molar-refractivity contribution < 1.29 is 0 Å². The zero-order valence-corrected chi connectivity index (χ0v) is 9.51. The minimum Gasteiger partial charge on any atom is -0.0613 e. The average molecular weight is 188 g/mol. The molecule has 0 spiro atoms. The van der Waals surface area contributed by atoms with E-state index in [0.29, 0.717) is 5.92 Å². The zero-order chi connectivity index (χ0) is 10.1. The molecule has 0 saturated heterocycles. The van der Waals surface area contributed by atoms with Crippen LogP contribution in [-0.2, 0) is 6.42 Å². The summed E-state index contributed by atoms with van der Waals surface area (Å²) in [5, 5.41) is 0. The Bertz CT molecular complexity index is 319. The van der Waals surface area contributed by atoms with Gasteiger partial charge in [-0.2, -0.15) is 0 Å². The summed E-state index contributed by atoms with van der Waals surface area (Å²) in [6.45, 7) is 6.84. The maximum atomic E-state index is 2.45. The van der Waals surface area contributed by atoms with Crippen molar-refractivity contribution in [3.05, 3.63) is 34.9 Å². The van der Waals surface area contributed by atoms with Crippen LogP contribution in [0.4, 0.5) is 0 Å². The highest BCUT2D eigenvalue weighted by atomic mass is 14.3. The molecule has 76 valence electrons. The van der Waals surface area contributed by atoms with Crippen LogP contribution in [0.15, 0.2) is 18.2 Å². The molecule has 1 saturated carbocycles. The van der Waals surface area contributed by atoms with Crippen molar-refractivity contribution in [1.82, 2.24) is 0 Å². The number of aryl methyl sites for hydroxylation is 1. The molecule has 0 aromatic heterocycles. The van der Waals surface area contributed by atoms with E-state index in [1.807, 2.05) is 0 Å². The number of hydrogen-bond acceptors (Lipinski definition) is 0. The number of benzene rings is 1. The summed E-state index contributed by atoms with van der Waals surface area (Å²) in [4.78, 5) is 0. The number of rotatable bonds is 3. The lowest BCUT2D eigenvalue weighted by Gasteiger charge is -2.13. The Kier molecular flexibility index (Phi) is 2.62. The highest BCUT2D eigenvalue weighted by Crippen LogP contribution is 2.41. The molecule has 0 aliphatic heterocycles. The third kappa shape index (κ3) is 1.84. The summed E-state index contributed by atoms with van der Waals surface area (Å²) < 4.78 is 0. The van der Waals surface area contributed by atoms with Crippen molar-refractivity contribution in [3.63, 3.8) is 0 Å². The molecule has 0 heterocycles. The summed E-state index contributed by atoms with van der Waals surface area (Å²) in [6, 6.07) is 7.12. The zero-order valence-electron chi connectivity index (χ0n) is 9.51. The van der Waals surface area contributed by atoms with Gasteiger partial charge in [0.2, 0.25) is 0 Å². The first-order valence-corrected chi connectivity index (χ1v) is 5.85. The lowest BCUT2D eigenvalue weighted by atomic mass is 9.92. The monoisotopic (exact) mass is 188 g/mol. The Morgan fingerprint density at radius 1 is 1.29 bits per heavy atom. The highest BCUT2D eigenvalue weighted by Gasteiger charge is 2.24. The molecule has 0 nitrogen and oxygen atoms in total. The largest absolute Gasteiger partial charge is 0.0613 e. The minimum absolute atomic E-state index is 0.670. The van der Waals surface area contributed by atoms with E-state index in [2.05, 4.69) is 39.0 Å². The summed E-state index contributed by atoms with van der Waals surface area (Å²) >= 11 is 0. The van der Waals surface area contributed by atoms with Gasteiger partial charge >= 0.3 is 0 Å². The van der Waals surface area contributed by atoms with Gasteiger partial charge in [0.1, 0.15) is 0 Å². The van der Waals surface area contributed by atoms with Crippen molar-refractivity contribution in [2.75, 3.05) is 0 Å². The molecule has 0 radical (unpaired) electrons. The van der Waals surface area contributed by atoms with Gasteiger partial charge in [0.05, 0.1) is 0 Å². The average Bonchev–Trinajstić information content (AvgIpc) is 3.00. The van der Waals surface area contributed by atoms with Gasteiger partial charge < -0.3 is 0 Å². The summed E-state index contributed by atoms with van der Waals surface area (Å²) in [5.41, 5.74) is 4.67. The molecule has 1 aliphatic carbocycles. The molecule has 0 unspecified atom stereocenters. The summed E-state index contributed by atoms with van der Waals surface area (Å²) in [5.74, 6) is 1.56. The molecule has 1 fully saturated rings. The quantitative estimate of drug-likeness (QED) is 0.665. The first-order valence-electron chi connectivity index (χ1n) is 5.85. The third-order valence-electron chi connectivity index (χ3n) is 3.22. The molecule has 14 heavy (non-hydrogen) atoms. The van der Waals surface area contributed by atoms with Gasteiger partial charge in [-0.3, -0.25) is 0 Å². The van der Waals surface area contributed by atoms with Gasteiger partial charge in [0, 0.05) is 0 Å². The second-order valence-corrected chi connectivity index (χ2v) is 4.74. The van der Waals surface area contributed by atoms with E-state index in [4.69, 9.17) is 0 Å². The van der Waals surface area contributed by atoms with E-state index >= 15 is 0 Å². The lowest BCUT2D eigenvalue weighted by Crippen LogP contribution is -1.96. The van der Waals surface area contributed by atoms with Crippen molar-refractivity contribution in [2.45, 2.75) is 51.9 Å². The predicted molar refractivity (Wildman–Crippen MR) is 61.9 cm³/mol. The van der Waals surface area contributed by atoms with Crippen LogP contribution in [0.5, 0.6) is 0 Å². The Hall–Kier alpha value is -0.780. The second kappa shape index (κ2) is 3.76. The molecule has 0 atom stereocenters. The van der Waals surface area contributed by atoms with Crippen LogP contribution in [0.25, 0.3) is 0 Å². The minimum atomic E-state index is 0.670. The Balaban J connectivity index is 2.35. The van der Waals surface area contributed by atoms with Crippen LogP contribution in [0.1, 0.15) is 62.1 Å². The van der Waals surface area contributed by atoms with E-state index in [0.717, 1.165) is 5.92 Å². The van der Waals surface area contributed by atoms with E-state index in [9.17, 15) is 0 Å². The fraction of sp³-hybridized carbons (Fsp3) is 0.571. The molecule has 1 aromatic carbocycles. The molecule has 0 amide bonds. The van der Waals surface area contributed by atoms with Crippen LogP contribution < -0.4 is 0 Å². The van der Waals surface area contributed by atoms with Gasteiger partial charge in [0.15, 0.2) is 0 Å². The molecule has 0 N–H and O–H groups in total. The van der Waals surface area contributed by atoms with Crippen LogP contribution in [-0.4, -0.2) is 0 Å². The Morgan fingerprint density at radius 3 is 2.50 bits per heavy atom. The summed E-state index contributed by atoms with van der Waals surface area (Å²) in [6.07, 6.45) is 3.98. The SMILES string of the molecule is CCc1ccc(C2CC2)cc1C(C)C. The fourth-order valence-electron chi connectivity index (χ4n) is 2.14. The van der Waals surface area contributed by atoms with Crippen molar-refractivity contribution >= 4 is 0 Å². The molecule has 0 bridgehead atoms. The third-order valence-corrected chi connectivity index (χ3v) is 3.22. The summed E-state index contributed by atoms with van der Waals surface area (Å²) in [7, 11) is 0. The molecule has 0 heteroatoms. The highest BCUT2D eigenvalue weighted by molar-refractivity contribution is 5.37. The second-order valence-electron chi connectivity index (χ2n) is 4.74. The predicted octanol–water partition coefficient (Wildman–Crippen LogP) is 4.25. The van der Waals surface area contributed by atoms with Crippen LogP contribution in [0.2, 0.25) is 0 Å². The van der Waals surface area contributed by atoms with E-state index in [1.165, 1.54) is 24.8 Å². The Morgan fingerprint density at radius 2 is 2.00 bits per heavy atom. The van der Waals surface area contributed by atoms with Crippen LogP contribution in [0.3, 0.4) is 0 Å². The van der Waals surface area contributed by atoms with E-state index < -0.39 is 0 Å². The molecule has 1 aliphatic rings. The van der Waals surface area contributed by atoms with Crippen molar-refractivity contribution in [1.29, 1.82) is 0 Å². The maximum absolute atomic E-state index is 2.45. The van der Waals surface area contributed by atoms with Gasteiger partial charge in [-0.1, -0.05) is 39.0 Å². The van der Waals surface area contributed by atoms with Gasteiger partial charge in [0.25, 0.3) is 0 Å². The molecular weight excluding hydrogens is 168 g/mol. The fourth-order valence-corrected chi connectivity index (χ4v) is 2.14. The topological polar surface area (TPSA) is 0 Å². The van der Waals surface area contributed by atoms with Gasteiger partial charge in [-0.15, -0.1) is 0 Å². The van der Waals surface area contributed by atoms with Gasteiger partial charge in [-0.05, 0) is 47.8 Å². The van der Waals surface area contributed by atoms with E-state index in [-0.39, 0.29) is 0 Å². The van der Waals surface area contributed by atoms with Crippen molar-refractivity contribution in [3.8, 4) is 0 Å². The van der Waals surface area contributed by atoms with Gasteiger partial charge in [-0.25, -0.2) is 0 Å². The van der Waals surface area contributed by atoms with Crippen LogP contribution >= 0.6 is 0 Å². The molecular formula is C14H20.